The van der Waals surface area contributed by atoms with E-state index in [1.54, 1.807) is 38.3 Å². The summed E-state index contributed by atoms with van der Waals surface area (Å²) in [4.78, 5) is 31.5. The summed E-state index contributed by atoms with van der Waals surface area (Å²) in [6, 6.07) is 12.7. The Bertz CT molecular complexity index is 1010. The van der Waals surface area contributed by atoms with Crippen LogP contribution >= 0.6 is 0 Å². The van der Waals surface area contributed by atoms with Crippen LogP contribution in [0, 0.1) is 6.92 Å². The fourth-order valence-corrected chi connectivity index (χ4v) is 2.79. The van der Waals surface area contributed by atoms with Gasteiger partial charge in [-0.25, -0.2) is 4.98 Å². The first-order valence-corrected chi connectivity index (χ1v) is 8.30. The predicted octanol–water partition coefficient (Wildman–Crippen LogP) is 3.09. The van der Waals surface area contributed by atoms with E-state index in [1.165, 1.54) is 0 Å². The van der Waals surface area contributed by atoms with Crippen molar-refractivity contribution in [3.63, 3.8) is 0 Å². The Hall–Kier alpha value is -3.15. The Labute approximate surface area is 150 Å². The predicted molar refractivity (Wildman–Crippen MR) is 98.3 cm³/mol. The molecule has 1 atom stereocenters. The van der Waals surface area contributed by atoms with Crippen molar-refractivity contribution in [2.24, 2.45) is 0 Å². The molecule has 0 aliphatic rings. The molecule has 6 heteroatoms. The number of methoxy groups -OCH3 is 1. The van der Waals surface area contributed by atoms with Crippen molar-refractivity contribution in [2.75, 3.05) is 7.11 Å². The summed E-state index contributed by atoms with van der Waals surface area (Å²) in [7, 11) is 1.56. The van der Waals surface area contributed by atoms with Crippen LogP contribution in [0.15, 0.2) is 47.3 Å². The lowest BCUT2D eigenvalue weighted by Gasteiger charge is -2.14. The van der Waals surface area contributed by atoms with Crippen LogP contribution in [-0.2, 0) is 16.0 Å². The van der Waals surface area contributed by atoms with Crippen molar-refractivity contribution < 1.29 is 14.3 Å². The van der Waals surface area contributed by atoms with Crippen LogP contribution in [0.5, 0.6) is 5.75 Å². The van der Waals surface area contributed by atoms with Gasteiger partial charge in [0.1, 0.15) is 5.75 Å². The van der Waals surface area contributed by atoms with Crippen molar-refractivity contribution >= 4 is 16.9 Å². The number of ether oxygens (including phenoxy) is 2. The number of esters is 1. The van der Waals surface area contributed by atoms with Crippen LogP contribution in [0.3, 0.4) is 0 Å². The molecule has 2 aromatic carbocycles. The molecule has 1 N–H and O–H groups in total. The molecule has 0 saturated heterocycles. The van der Waals surface area contributed by atoms with Crippen LogP contribution < -0.4 is 10.3 Å². The first-order valence-electron chi connectivity index (χ1n) is 8.30. The largest absolute Gasteiger partial charge is 0.496 e. The second-order valence-electron chi connectivity index (χ2n) is 6.09. The van der Waals surface area contributed by atoms with Gasteiger partial charge in [0.2, 0.25) is 0 Å². The number of benzene rings is 2. The van der Waals surface area contributed by atoms with Gasteiger partial charge >= 0.3 is 5.97 Å². The molecular weight excluding hydrogens is 332 g/mol. The first-order chi connectivity index (χ1) is 12.5. The van der Waals surface area contributed by atoms with E-state index >= 15 is 0 Å². The number of para-hydroxylation sites is 1. The third-order valence-electron chi connectivity index (χ3n) is 4.10. The fourth-order valence-electron chi connectivity index (χ4n) is 2.79. The molecule has 0 spiro atoms. The minimum atomic E-state index is -0.671. The van der Waals surface area contributed by atoms with Gasteiger partial charge in [0.25, 0.3) is 5.56 Å². The zero-order chi connectivity index (χ0) is 18.7. The van der Waals surface area contributed by atoms with Gasteiger partial charge in [-0.15, -0.1) is 0 Å². The van der Waals surface area contributed by atoms with E-state index in [0.717, 1.165) is 11.1 Å². The minimum Gasteiger partial charge on any atom is -0.496 e. The lowest BCUT2D eigenvalue weighted by atomic mass is 10.1. The summed E-state index contributed by atoms with van der Waals surface area (Å²) in [5.74, 6) is 0.535. The van der Waals surface area contributed by atoms with E-state index in [0.29, 0.717) is 22.5 Å². The molecule has 0 unspecified atom stereocenters. The Balaban J connectivity index is 1.78. The molecule has 0 aliphatic carbocycles. The maximum Gasteiger partial charge on any atom is 0.311 e. The van der Waals surface area contributed by atoms with Gasteiger partial charge in [0.15, 0.2) is 11.9 Å². The number of aromatic nitrogens is 2. The number of carbonyl (C=O) groups is 1. The third-order valence-corrected chi connectivity index (χ3v) is 4.10. The number of aromatic amines is 1. The van der Waals surface area contributed by atoms with E-state index in [9.17, 15) is 9.59 Å². The number of rotatable bonds is 5. The summed E-state index contributed by atoms with van der Waals surface area (Å²) in [6.07, 6.45) is -0.594. The Morgan fingerprint density at radius 3 is 2.77 bits per heavy atom. The number of H-pyrrole nitrogens is 1. The molecule has 0 bridgehead atoms. The number of nitrogens with one attached hydrogen (secondary N) is 1. The van der Waals surface area contributed by atoms with Crippen molar-refractivity contribution in [1.82, 2.24) is 9.97 Å². The molecule has 3 aromatic rings. The number of nitrogens with zero attached hydrogens (tertiary/aromatic N) is 1. The van der Waals surface area contributed by atoms with Crippen LogP contribution in [0.25, 0.3) is 10.9 Å². The van der Waals surface area contributed by atoms with E-state index in [2.05, 4.69) is 9.97 Å². The van der Waals surface area contributed by atoms with Crippen LogP contribution in [0.1, 0.15) is 30.0 Å². The molecule has 1 heterocycles. The lowest BCUT2D eigenvalue weighted by Crippen LogP contribution is -2.18. The van der Waals surface area contributed by atoms with Crippen LogP contribution in [0.2, 0.25) is 0 Å². The van der Waals surface area contributed by atoms with Crippen molar-refractivity contribution in [1.29, 1.82) is 0 Å². The summed E-state index contributed by atoms with van der Waals surface area (Å²) < 4.78 is 10.7. The third kappa shape index (κ3) is 3.74. The second-order valence-corrected chi connectivity index (χ2v) is 6.09. The quantitative estimate of drug-likeness (QED) is 0.714. The summed E-state index contributed by atoms with van der Waals surface area (Å²) >= 11 is 0. The average molecular weight is 352 g/mol. The van der Waals surface area contributed by atoms with Gasteiger partial charge < -0.3 is 14.5 Å². The zero-order valence-electron chi connectivity index (χ0n) is 14.9. The molecule has 134 valence electrons. The van der Waals surface area contributed by atoms with Crippen molar-refractivity contribution in [3.8, 4) is 5.75 Å². The topological polar surface area (TPSA) is 81.3 Å². The second kappa shape index (κ2) is 7.39. The van der Waals surface area contributed by atoms with E-state index in [4.69, 9.17) is 9.47 Å². The highest BCUT2D eigenvalue weighted by atomic mass is 16.5. The minimum absolute atomic E-state index is 0.0764. The summed E-state index contributed by atoms with van der Waals surface area (Å²) in [5, 5.41) is 0.499. The molecule has 6 nitrogen and oxygen atoms in total. The monoisotopic (exact) mass is 352 g/mol. The zero-order valence-corrected chi connectivity index (χ0v) is 14.9. The highest BCUT2D eigenvalue weighted by molar-refractivity contribution is 5.77. The van der Waals surface area contributed by atoms with E-state index < -0.39 is 12.1 Å². The molecule has 3 rings (SSSR count). The number of hydrogen-bond donors (Lipinski definition) is 1. The highest BCUT2D eigenvalue weighted by Gasteiger charge is 2.17. The Morgan fingerprint density at radius 1 is 1.23 bits per heavy atom. The number of aryl methyl sites for hydroxylation is 1. The van der Waals surface area contributed by atoms with Gasteiger partial charge in [-0.2, -0.15) is 0 Å². The molecule has 0 radical (unpaired) electrons. The van der Waals surface area contributed by atoms with Gasteiger partial charge in [0.05, 0.1) is 24.4 Å². The maximum absolute atomic E-state index is 12.3. The van der Waals surface area contributed by atoms with Gasteiger partial charge in [0, 0.05) is 5.56 Å². The Morgan fingerprint density at radius 2 is 2.00 bits per heavy atom. The van der Waals surface area contributed by atoms with Gasteiger partial charge in [-0.1, -0.05) is 29.8 Å². The fraction of sp³-hybridized carbons (Fsp3) is 0.250. The molecular formula is C20H20N2O4. The average Bonchev–Trinajstić information content (AvgIpc) is 2.61. The SMILES string of the molecule is COc1ccc(C)cc1CC(=O)O[C@H](C)c1nc2ccccc2c(=O)[nH]1. The Kier molecular flexibility index (Phi) is 5.02. The maximum atomic E-state index is 12.3. The molecule has 0 aliphatic heterocycles. The smallest absolute Gasteiger partial charge is 0.311 e. The van der Waals surface area contributed by atoms with E-state index in [1.807, 2.05) is 25.1 Å². The molecule has 0 saturated carbocycles. The lowest BCUT2D eigenvalue weighted by molar-refractivity contribution is -0.148. The van der Waals surface area contributed by atoms with E-state index in [-0.39, 0.29) is 12.0 Å². The van der Waals surface area contributed by atoms with Gasteiger partial charge in [-0.3, -0.25) is 9.59 Å². The number of carbonyl (C=O) groups excluding carboxylic acids is 1. The normalized spacial score (nSPS) is 12.0. The van der Waals surface area contributed by atoms with Crippen molar-refractivity contribution in [2.45, 2.75) is 26.4 Å². The van der Waals surface area contributed by atoms with Crippen LogP contribution in [0.4, 0.5) is 0 Å². The number of hydrogen-bond acceptors (Lipinski definition) is 5. The molecule has 0 fully saturated rings. The number of fused-ring (bicyclic) bond motifs is 1. The van der Waals surface area contributed by atoms with Crippen LogP contribution in [-0.4, -0.2) is 23.0 Å². The molecule has 0 amide bonds. The van der Waals surface area contributed by atoms with Gasteiger partial charge in [-0.05, 0) is 32.0 Å². The highest BCUT2D eigenvalue weighted by Crippen LogP contribution is 2.22. The summed E-state index contributed by atoms with van der Waals surface area (Å²) in [5.41, 5.74) is 2.09. The first kappa shape index (κ1) is 17.7. The standard InChI is InChI=1S/C20H20N2O4/c1-12-8-9-17(25-3)14(10-12)11-18(23)26-13(2)19-21-16-7-5-4-6-15(16)20(24)22-19/h4-10,13H,11H2,1-3H3,(H,21,22,24)/t13-/m1/s1. The van der Waals surface area contributed by atoms with Crippen molar-refractivity contribution in [3.05, 3.63) is 69.8 Å². The molecule has 1 aromatic heterocycles. The summed E-state index contributed by atoms with van der Waals surface area (Å²) in [6.45, 7) is 3.62. The molecule has 26 heavy (non-hydrogen) atoms.